The standard InChI is InChI=1S/C23H32N2O3/c1-28-19-5-2-4-17(14-19)6-11-24-21(26)15-18-7-12-25(13-8-18)22(27)20-16-23(20)9-3-10-23/h2,4-5,14,18,20H,3,6-13,15-16H2,1H3,(H,24,26)/t20-/m0/s1. The Morgan fingerprint density at radius 2 is 2.04 bits per heavy atom. The summed E-state index contributed by atoms with van der Waals surface area (Å²) < 4.78 is 5.23. The van der Waals surface area contributed by atoms with Crippen molar-refractivity contribution in [1.29, 1.82) is 0 Å². The number of hydrogen-bond acceptors (Lipinski definition) is 3. The molecule has 2 aliphatic carbocycles. The molecule has 1 atom stereocenters. The van der Waals surface area contributed by atoms with E-state index in [0.29, 0.717) is 36.1 Å². The molecule has 0 radical (unpaired) electrons. The number of nitrogens with zero attached hydrogens (tertiary/aromatic N) is 1. The summed E-state index contributed by atoms with van der Waals surface area (Å²) in [6.45, 7) is 2.30. The molecule has 1 spiro atoms. The number of methoxy groups -OCH3 is 1. The lowest BCUT2D eigenvalue weighted by Crippen LogP contribution is -2.41. The SMILES string of the molecule is COc1cccc(CCNC(=O)CC2CCN(C(=O)[C@@H]3CC34CCC4)CC2)c1. The van der Waals surface area contributed by atoms with Crippen molar-refractivity contribution in [2.24, 2.45) is 17.3 Å². The van der Waals surface area contributed by atoms with Gasteiger partial charge in [-0.1, -0.05) is 18.6 Å². The van der Waals surface area contributed by atoms with E-state index in [0.717, 1.165) is 50.1 Å². The van der Waals surface area contributed by atoms with Gasteiger partial charge in [-0.05, 0) is 67.6 Å². The number of likely N-dealkylation sites (tertiary alicyclic amines) is 1. The summed E-state index contributed by atoms with van der Waals surface area (Å²) in [6.07, 6.45) is 8.24. The molecule has 4 rings (SSSR count). The zero-order valence-corrected chi connectivity index (χ0v) is 16.9. The van der Waals surface area contributed by atoms with Crippen LogP contribution in [0.3, 0.4) is 0 Å². The average Bonchev–Trinajstić information content (AvgIpc) is 3.45. The molecule has 3 aliphatic rings. The van der Waals surface area contributed by atoms with Crippen molar-refractivity contribution >= 4 is 11.8 Å². The molecule has 1 aliphatic heterocycles. The number of carbonyl (C=O) groups excluding carboxylic acids is 2. The van der Waals surface area contributed by atoms with Gasteiger partial charge in [0.1, 0.15) is 5.75 Å². The highest BCUT2D eigenvalue weighted by molar-refractivity contribution is 5.83. The highest BCUT2D eigenvalue weighted by Crippen LogP contribution is 2.66. The van der Waals surface area contributed by atoms with Crippen LogP contribution in [-0.2, 0) is 16.0 Å². The van der Waals surface area contributed by atoms with Crippen LogP contribution in [0.25, 0.3) is 0 Å². The van der Waals surface area contributed by atoms with Crippen LogP contribution < -0.4 is 10.1 Å². The minimum atomic E-state index is 0.128. The van der Waals surface area contributed by atoms with Crippen molar-refractivity contribution in [2.45, 2.75) is 51.4 Å². The molecule has 1 heterocycles. The van der Waals surface area contributed by atoms with Gasteiger partial charge in [-0.3, -0.25) is 9.59 Å². The van der Waals surface area contributed by atoms with Crippen LogP contribution in [0.1, 0.15) is 50.5 Å². The first-order chi connectivity index (χ1) is 13.6. The van der Waals surface area contributed by atoms with Gasteiger partial charge in [0.15, 0.2) is 0 Å². The van der Waals surface area contributed by atoms with Gasteiger partial charge in [0.2, 0.25) is 11.8 Å². The fourth-order valence-electron chi connectivity index (χ4n) is 4.97. The zero-order chi connectivity index (χ0) is 19.6. The van der Waals surface area contributed by atoms with Gasteiger partial charge in [0, 0.05) is 32.0 Å². The summed E-state index contributed by atoms with van der Waals surface area (Å²) in [4.78, 5) is 27.0. The number of amides is 2. The van der Waals surface area contributed by atoms with E-state index in [4.69, 9.17) is 4.74 Å². The van der Waals surface area contributed by atoms with Crippen molar-refractivity contribution in [2.75, 3.05) is 26.7 Å². The second-order valence-corrected chi connectivity index (χ2v) is 8.90. The Hall–Kier alpha value is -2.04. The van der Waals surface area contributed by atoms with E-state index in [-0.39, 0.29) is 5.91 Å². The molecule has 1 aromatic carbocycles. The Morgan fingerprint density at radius 3 is 2.68 bits per heavy atom. The number of hydrogen-bond donors (Lipinski definition) is 1. The highest BCUT2D eigenvalue weighted by Gasteiger charge is 2.61. The van der Waals surface area contributed by atoms with Gasteiger partial charge in [-0.15, -0.1) is 0 Å². The maximum Gasteiger partial charge on any atom is 0.226 e. The molecule has 2 saturated carbocycles. The fourth-order valence-corrected chi connectivity index (χ4v) is 4.97. The summed E-state index contributed by atoms with van der Waals surface area (Å²) in [6, 6.07) is 7.95. The molecule has 28 heavy (non-hydrogen) atoms. The van der Waals surface area contributed by atoms with Crippen LogP contribution >= 0.6 is 0 Å². The Balaban J connectivity index is 1.13. The van der Waals surface area contributed by atoms with Gasteiger partial charge >= 0.3 is 0 Å². The molecule has 5 heteroatoms. The second-order valence-electron chi connectivity index (χ2n) is 8.90. The number of ether oxygens (including phenoxy) is 1. The summed E-state index contributed by atoms with van der Waals surface area (Å²) in [7, 11) is 1.66. The maximum atomic E-state index is 12.7. The number of rotatable bonds is 7. The summed E-state index contributed by atoms with van der Waals surface area (Å²) in [5, 5.41) is 3.04. The van der Waals surface area contributed by atoms with E-state index in [9.17, 15) is 9.59 Å². The molecule has 5 nitrogen and oxygen atoms in total. The fraction of sp³-hybridized carbons (Fsp3) is 0.652. The molecule has 2 amide bonds. The van der Waals surface area contributed by atoms with E-state index in [2.05, 4.69) is 16.3 Å². The quantitative estimate of drug-likeness (QED) is 0.786. The number of benzene rings is 1. The minimum Gasteiger partial charge on any atom is -0.497 e. The number of nitrogens with one attached hydrogen (secondary N) is 1. The molecule has 0 bridgehead atoms. The van der Waals surface area contributed by atoms with Crippen LogP contribution in [0.4, 0.5) is 0 Å². The van der Waals surface area contributed by atoms with Gasteiger partial charge in [0.05, 0.1) is 7.11 Å². The van der Waals surface area contributed by atoms with Crippen molar-refractivity contribution < 1.29 is 14.3 Å². The second kappa shape index (κ2) is 8.14. The van der Waals surface area contributed by atoms with Crippen LogP contribution in [0.5, 0.6) is 5.75 Å². The van der Waals surface area contributed by atoms with Crippen molar-refractivity contribution in [3.8, 4) is 5.75 Å². The third kappa shape index (κ3) is 4.18. The van der Waals surface area contributed by atoms with E-state index in [1.807, 2.05) is 18.2 Å². The van der Waals surface area contributed by atoms with Gasteiger partial charge in [-0.25, -0.2) is 0 Å². The van der Waals surface area contributed by atoms with Crippen LogP contribution in [0.2, 0.25) is 0 Å². The lowest BCUT2D eigenvalue weighted by Gasteiger charge is -2.34. The minimum absolute atomic E-state index is 0.128. The van der Waals surface area contributed by atoms with E-state index in [1.54, 1.807) is 7.11 Å². The molecule has 3 fully saturated rings. The summed E-state index contributed by atoms with van der Waals surface area (Å²) >= 11 is 0. The number of piperidine rings is 1. The third-order valence-electron chi connectivity index (χ3n) is 7.11. The van der Waals surface area contributed by atoms with Crippen LogP contribution in [-0.4, -0.2) is 43.5 Å². The predicted octanol–water partition coefficient (Wildman–Crippen LogP) is 3.17. The molecule has 1 saturated heterocycles. The molecular weight excluding hydrogens is 352 g/mol. The maximum absolute atomic E-state index is 12.7. The largest absolute Gasteiger partial charge is 0.497 e. The van der Waals surface area contributed by atoms with Gasteiger partial charge in [-0.2, -0.15) is 0 Å². The van der Waals surface area contributed by atoms with Crippen LogP contribution in [0.15, 0.2) is 24.3 Å². The summed E-state index contributed by atoms with van der Waals surface area (Å²) in [5.41, 5.74) is 1.58. The Labute approximate surface area is 167 Å². The highest BCUT2D eigenvalue weighted by atomic mass is 16.5. The van der Waals surface area contributed by atoms with Gasteiger partial charge in [0.25, 0.3) is 0 Å². The first-order valence-corrected chi connectivity index (χ1v) is 10.8. The predicted molar refractivity (Wildman–Crippen MR) is 108 cm³/mol. The first-order valence-electron chi connectivity index (χ1n) is 10.8. The van der Waals surface area contributed by atoms with Crippen molar-refractivity contribution in [3.05, 3.63) is 29.8 Å². The Morgan fingerprint density at radius 1 is 1.25 bits per heavy atom. The first kappa shape index (κ1) is 19.3. The third-order valence-corrected chi connectivity index (χ3v) is 7.11. The monoisotopic (exact) mass is 384 g/mol. The summed E-state index contributed by atoms with van der Waals surface area (Å²) in [5.74, 6) is 2.08. The normalized spacial score (nSPS) is 23.2. The van der Waals surface area contributed by atoms with Crippen LogP contribution in [0, 0.1) is 17.3 Å². The van der Waals surface area contributed by atoms with Crippen molar-refractivity contribution in [1.82, 2.24) is 10.2 Å². The van der Waals surface area contributed by atoms with E-state index < -0.39 is 0 Å². The number of carbonyl (C=O) groups is 2. The smallest absolute Gasteiger partial charge is 0.226 e. The Bertz CT molecular complexity index is 720. The molecule has 1 aromatic rings. The van der Waals surface area contributed by atoms with E-state index in [1.165, 1.54) is 19.3 Å². The van der Waals surface area contributed by atoms with E-state index >= 15 is 0 Å². The lowest BCUT2D eigenvalue weighted by molar-refractivity contribution is -0.135. The van der Waals surface area contributed by atoms with Crippen molar-refractivity contribution in [3.63, 3.8) is 0 Å². The molecular formula is C23H32N2O3. The molecule has 0 unspecified atom stereocenters. The zero-order valence-electron chi connectivity index (χ0n) is 16.9. The topological polar surface area (TPSA) is 58.6 Å². The van der Waals surface area contributed by atoms with Gasteiger partial charge < -0.3 is 15.0 Å². The Kier molecular flexibility index (Phi) is 5.61. The molecule has 0 aromatic heterocycles. The lowest BCUT2D eigenvalue weighted by atomic mass is 9.79. The molecule has 152 valence electrons. The average molecular weight is 385 g/mol. The molecule has 1 N–H and O–H groups in total.